The average molecular weight is 337 g/mol. The van der Waals surface area contributed by atoms with Gasteiger partial charge >= 0.3 is 0 Å². The second kappa shape index (κ2) is 6.95. The van der Waals surface area contributed by atoms with Crippen LogP contribution in [0.15, 0.2) is 4.52 Å². The maximum Gasteiger partial charge on any atom is 0.243 e. The van der Waals surface area contributed by atoms with Crippen molar-refractivity contribution in [2.45, 2.75) is 52.1 Å². The summed E-state index contributed by atoms with van der Waals surface area (Å²) in [5, 5.41) is 6.83. The lowest BCUT2D eigenvalue weighted by molar-refractivity contribution is -0.141. The van der Waals surface area contributed by atoms with Gasteiger partial charge in [0.15, 0.2) is 0 Å². The second-order valence-electron chi connectivity index (χ2n) is 6.33. The minimum Gasteiger partial charge on any atom is -0.361 e. The molecule has 1 aromatic heterocycles. The lowest BCUT2D eigenvalue weighted by atomic mass is 10.1. The number of rotatable bonds is 4. The SMILES string of the molecule is Cc1noc(C)c1CNC(=O)C1CSCN1C(=O)C1CCCC1. The summed E-state index contributed by atoms with van der Waals surface area (Å²) in [6.45, 7) is 4.09. The Kier molecular flexibility index (Phi) is 4.94. The Balaban J connectivity index is 1.60. The van der Waals surface area contributed by atoms with E-state index in [1.165, 1.54) is 0 Å². The summed E-state index contributed by atoms with van der Waals surface area (Å²) in [6.07, 6.45) is 4.18. The minimum atomic E-state index is -0.353. The van der Waals surface area contributed by atoms with Gasteiger partial charge in [0.05, 0.1) is 11.6 Å². The molecule has 126 valence electrons. The van der Waals surface area contributed by atoms with E-state index in [0.717, 1.165) is 42.7 Å². The predicted molar refractivity (Wildman–Crippen MR) is 87.7 cm³/mol. The molecule has 1 N–H and O–H groups in total. The predicted octanol–water partition coefficient (Wildman–Crippen LogP) is 2.00. The molecule has 1 aliphatic heterocycles. The Morgan fingerprint density at radius 2 is 2.09 bits per heavy atom. The van der Waals surface area contributed by atoms with Gasteiger partial charge in [-0.05, 0) is 26.7 Å². The standard InChI is InChI=1S/C16H23N3O3S/c1-10-13(11(2)22-18-10)7-17-15(20)14-8-23-9-19(14)16(21)12-5-3-4-6-12/h12,14H,3-9H2,1-2H3,(H,17,20). The highest BCUT2D eigenvalue weighted by molar-refractivity contribution is 7.99. The van der Waals surface area contributed by atoms with Crippen molar-refractivity contribution in [2.75, 3.05) is 11.6 Å². The summed E-state index contributed by atoms with van der Waals surface area (Å²) in [4.78, 5) is 26.9. The molecule has 3 rings (SSSR count). The first-order chi connectivity index (χ1) is 11.1. The molecule has 2 aliphatic rings. The fourth-order valence-corrected chi connectivity index (χ4v) is 4.50. The largest absolute Gasteiger partial charge is 0.361 e. The topological polar surface area (TPSA) is 75.4 Å². The summed E-state index contributed by atoms with van der Waals surface area (Å²) < 4.78 is 5.11. The van der Waals surface area contributed by atoms with Gasteiger partial charge in [-0.15, -0.1) is 11.8 Å². The van der Waals surface area contributed by atoms with Gasteiger partial charge in [-0.25, -0.2) is 0 Å². The van der Waals surface area contributed by atoms with Crippen molar-refractivity contribution >= 4 is 23.6 Å². The van der Waals surface area contributed by atoms with Crippen molar-refractivity contribution in [1.29, 1.82) is 0 Å². The molecule has 0 radical (unpaired) electrons. The first-order valence-corrected chi connectivity index (χ1v) is 9.31. The number of thioether (sulfide) groups is 1. The molecule has 2 fully saturated rings. The van der Waals surface area contributed by atoms with E-state index in [1.807, 2.05) is 13.8 Å². The molecule has 1 saturated carbocycles. The van der Waals surface area contributed by atoms with E-state index < -0.39 is 0 Å². The molecular weight excluding hydrogens is 314 g/mol. The number of hydrogen-bond acceptors (Lipinski definition) is 5. The number of carbonyl (C=O) groups is 2. The van der Waals surface area contributed by atoms with Crippen LogP contribution < -0.4 is 5.32 Å². The number of nitrogens with one attached hydrogen (secondary N) is 1. The number of hydrogen-bond donors (Lipinski definition) is 1. The Morgan fingerprint density at radius 3 is 2.74 bits per heavy atom. The van der Waals surface area contributed by atoms with Gasteiger partial charge < -0.3 is 14.7 Å². The van der Waals surface area contributed by atoms with Crippen molar-refractivity contribution in [1.82, 2.24) is 15.4 Å². The van der Waals surface area contributed by atoms with Crippen LogP contribution in [0.2, 0.25) is 0 Å². The average Bonchev–Trinajstić information content (AvgIpc) is 3.26. The third-order valence-corrected chi connectivity index (χ3v) is 5.81. The molecule has 2 amide bonds. The maximum absolute atomic E-state index is 12.6. The normalized spacial score (nSPS) is 21.8. The number of aromatic nitrogens is 1. The Hall–Kier alpha value is -1.50. The van der Waals surface area contributed by atoms with Crippen LogP contribution in [0.1, 0.15) is 42.7 Å². The van der Waals surface area contributed by atoms with Crippen LogP contribution in [-0.2, 0) is 16.1 Å². The third-order valence-electron chi connectivity index (χ3n) is 4.79. The van der Waals surface area contributed by atoms with E-state index in [4.69, 9.17) is 4.52 Å². The van der Waals surface area contributed by atoms with Crippen molar-refractivity contribution in [2.24, 2.45) is 5.92 Å². The Bertz CT molecular complexity index is 576. The second-order valence-corrected chi connectivity index (χ2v) is 7.33. The summed E-state index contributed by atoms with van der Waals surface area (Å²) in [5.74, 6) is 2.21. The molecule has 23 heavy (non-hydrogen) atoms. The zero-order valence-corrected chi connectivity index (χ0v) is 14.4. The summed E-state index contributed by atoms with van der Waals surface area (Å²) in [5.41, 5.74) is 1.71. The van der Waals surface area contributed by atoms with Gasteiger partial charge in [0, 0.05) is 23.8 Å². The van der Waals surface area contributed by atoms with Crippen LogP contribution in [0.5, 0.6) is 0 Å². The minimum absolute atomic E-state index is 0.0821. The molecular formula is C16H23N3O3S. The van der Waals surface area contributed by atoms with Crippen molar-refractivity contribution in [3.05, 3.63) is 17.0 Å². The first-order valence-electron chi connectivity index (χ1n) is 8.15. The molecule has 0 aromatic carbocycles. The number of aryl methyl sites for hydroxylation is 2. The highest BCUT2D eigenvalue weighted by Crippen LogP contribution is 2.30. The summed E-state index contributed by atoms with van der Waals surface area (Å²) in [6, 6.07) is -0.353. The monoisotopic (exact) mass is 337 g/mol. The molecule has 1 aromatic rings. The van der Waals surface area contributed by atoms with Crippen LogP contribution in [0, 0.1) is 19.8 Å². The number of amides is 2. The fraction of sp³-hybridized carbons (Fsp3) is 0.688. The molecule has 1 atom stereocenters. The van der Waals surface area contributed by atoms with Crippen LogP contribution in [-0.4, -0.2) is 39.5 Å². The van der Waals surface area contributed by atoms with E-state index in [9.17, 15) is 9.59 Å². The van der Waals surface area contributed by atoms with Crippen LogP contribution in [0.25, 0.3) is 0 Å². The highest BCUT2D eigenvalue weighted by atomic mass is 32.2. The van der Waals surface area contributed by atoms with Crippen molar-refractivity contribution in [3.63, 3.8) is 0 Å². The van der Waals surface area contributed by atoms with Gasteiger partial charge in [-0.1, -0.05) is 18.0 Å². The summed E-state index contributed by atoms with van der Waals surface area (Å²) in [7, 11) is 0. The molecule has 1 aliphatic carbocycles. The van der Waals surface area contributed by atoms with Crippen LogP contribution in [0.3, 0.4) is 0 Å². The van der Waals surface area contributed by atoms with Gasteiger partial charge in [-0.3, -0.25) is 9.59 Å². The van der Waals surface area contributed by atoms with E-state index in [0.29, 0.717) is 18.2 Å². The van der Waals surface area contributed by atoms with Crippen molar-refractivity contribution < 1.29 is 14.1 Å². The van der Waals surface area contributed by atoms with Gasteiger partial charge in [0.1, 0.15) is 11.8 Å². The number of carbonyl (C=O) groups excluding carboxylic acids is 2. The van der Waals surface area contributed by atoms with E-state index in [2.05, 4.69) is 10.5 Å². The maximum atomic E-state index is 12.6. The van der Waals surface area contributed by atoms with Crippen LogP contribution >= 0.6 is 11.8 Å². The molecule has 7 heteroatoms. The molecule has 1 saturated heterocycles. The summed E-state index contributed by atoms with van der Waals surface area (Å²) >= 11 is 1.65. The lowest BCUT2D eigenvalue weighted by Crippen LogP contribution is -2.48. The van der Waals surface area contributed by atoms with E-state index in [1.54, 1.807) is 16.7 Å². The van der Waals surface area contributed by atoms with Gasteiger partial charge in [0.2, 0.25) is 11.8 Å². The zero-order chi connectivity index (χ0) is 16.4. The van der Waals surface area contributed by atoms with Crippen LogP contribution in [0.4, 0.5) is 0 Å². The molecule has 1 unspecified atom stereocenters. The Morgan fingerprint density at radius 1 is 1.35 bits per heavy atom. The fourth-order valence-electron chi connectivity index (χ4n) is 3.33. The van der Waals surface area contributed by atoms with Gasteiger partial charge in [-0.2, -0.15) is 0 Å². The molecule has 0 bridgehead atoms. The smallest absolute Gasteiger partial charge is 0.243 e. The van der Waals surface area contributed by atoms with E-state index >= 15 is 0 Å². The molecule has 6 nitrogen and oxygen atoms in total. The van der Waals surface area contributed by atoms with E-state index in [-0.39, 0.29) is 23.8 Å². The third kappa shape index (κ3) is 3.39. The lowest BCUT2D eigenvalue weighted by Gasteiger charge is -2.25. The van der Waals surface area contributed by atoms with Gasteiger partial charge in [0.25, 0.3) is 0 Å². The Labute approximate surface area is 140 Å². The number of nitrogens with zero attached hydrogens (tertiary/aromatic N) is 2. The van der Waals surface area contributed by atoms with Crippen molar-refractivity contribution in [3.8, 4) is 0 Å². The molecule has 0 spiro atoms. The zero-order valence-electron chi connectivity index (χ0n) is 13.6. The quantitative estimate of drug-likeness (QED) is 0.909. The highest BCUT2D eigenvalue weighted by Gasteiger charge is 2.38. The molecule has 2 heterocycles. The first kappa shape index (κ1) is 16.4.